The molecule has 0 atom stereocenters. The summed E-state index contributed by atoms with van der Waals surface area (Å²) in [5.74, 6) is 0.108. The molecule has 1 heterocycles. The molecule has 0 saturated heterocycles. The molecule has 0 N–H and O–H groups in total. The van der Waals surface area contributed by atoms with Crippen molar-refractivity contribution in [2.24, 2.45) is 0 Å². The molecule has 2 amide bonds. The summed E-state index contributed by atoms with van der Waals surface area (Å²) in [5, 5.41) is 1.03. The average molecular weight is 562 g/mol. The van der Waals surface area contributed by atoms with Gasteiger partial charge in [-0.3, -0.25) is 0 Å². The Bertz CT molecular complexity index is 971. The van der Waals surface area contributed by atoms with Crippen molar-refractivity contribution in [2.45, 2.75) is 59.2 Å². The summed E-state index contributed by atoms with van der Waals surface area (Å²) in [5.41, 5.74) is -0.982. The Morgan fingerprint density at radius 1 is 1.00 bits per heavy atom. The lowest BCUT2D eigenvalue weighted by Gasteiger charge is -2.28. The minimum Gasteiger partial charge on any atom is -0.489 e. The SMILES string of the molecule is CC(C)(C)OC(=O)N(C(=O)OC(C)(C)C)c1ncc(Br)cc1OCCc1c(Cl)cccc1Cl. The third kappa shape index (κ3) is 8.36. The van der Waals surface area contributed by atoms with Gasteiger partial charge in [0, 0.05) is 27.1 Å². The topological polar surface area (TPSA) is 78.0 Å². The minimum atomic E-state index is -0.939. The normalized spacial score (nSPS) is 11.7. The first-order valence-electron chi connectivity index (χ1n) is 10.2. The molecule has 0 bridgehead atoms. The van der Waals surface area contributed by atoms with Crippen molar-refractivity contribution in [1.82, 2.24) is 4.98 Å². The van der Waals surface area contributed by atoms with E-state index in [1.54, 1.807) is 65.8 Å². The molecular formula is C23H27BrCl2N2O5. The van der Waals surface area contributed by atoms with Crippen LogP contribution in [0.15, 0.2) is 34.9 Å². The summed E-state index contributed by atoms with van der Waals surface area (Å²) in [6.07, 6.45) is -0.0470. The van der Waals surface area contributed by atoms with E-state index in [0.717, 1.165) is 10.5 Å². The highest BCUT2D eigenvalue weighted by atomic mass is 79.9. The lowest BCUT2D eigenvalue weighted by atomic mass is 10.1. The molecule has 33 heavy (non-hydrogen) atoms. The van der Waals surface area contributed by atoms with Crippen LogP contribution in [0.25, 0.3) is 0 Å². The van der Waals surface area contributed by atoms with Crippen LogP contribution in [0.3, 0.4) is 0 Å². The van der Waals surface area contributed by atoms with Gasteiger partial charge in [-0.2, -0.15) is 4.90 Å². The number of halogens is 3. The molecule has 2 aromatic rings. The number of hydrogen-bond acceptors (Lipinski definition) is 6. The number of hydrogen-bond donors (Lipinski definition) is 0. The average Bonchev–Trinajstić information content (AvgIpc) is 2.63. The van der Waals surface area contributed by atoms with E-state index in [1.807, 2.05) is 0 Å². The Morgan fingerprint density at radius 3 is 2.00 bits per heavy atom. The van der Waals surface area contributed by atoms with Gasteiger partial charge in [-0.15, -0.1) is 0 Å². The van der Waals surface area contributed by atoms with E-state index >= 15 is 0 Å². The van der Waals surface area contributed by atoms with E-state index in [4.69, 9.17) is 37.4 Å². The van der Waals surface area contributed by atoms with Crippen LogP contribution in [0.4, 0.5) is 15.4 Å². The molecule has 0 aliphatic heterocycles. The maximum absolute atomic E-state index is 13.0. The number of carbonyl (C=O) groups excluding carboxylic acids is 2. The van der Waals surface area contributed by atoms with Crippen LogP contribution in [0.1, 0.15) is 47.1 Å². The monoisotopic (exact) mass is 560 g/mol. The van der Waals surface area contributed by atoms with E-state index in [9.17, 15) is 9.59 Å². The fourth-order valence-corrected chi connectivity index (χ4v) is 3.48. The van der Waals surface area contributed by atoms with E-state index in [0.29, 0.717) is 20.9 Å². The second kappa shape index (κ2) is 10.9. The fourth-order valence-electron chi connectivity index (χ4n) is 2.58. The first-order valence-corrected chi connectivity index (χ1v) is 11.7. The highest BCUT2D eigenvalue weighted by Crippen LogP contribution is 2.32. The number of benzene rings is 1. The minimum absolute atomic E-state index is 0.0630. The van der Waals surface area contributed by atoms with E-state index in [2.05, 4.69) is 20.9 Å². The van der Waals surface area contributed by atoms with Crippen LogP contribution < -0.4 is 9.64 Å². The predicted octanol–water partition coefficient (Wildman–Crippen LogP) is 7.45. The van der Waals surface area contributed by atoms with Crippen molar-refractivity contribution < 1.29 is 23.8 Å². The second-order valence-corrected chi connectivity index (χ2v) is 10.8. The van der Waals surface area contributed by atoms with Crippen molar-refractivity contribution in [3.63, 3.8) is 0 Å². The zero-order valence-electron chi connectivity index (χ0n) is 19.4. The van der Waals surface area contributed by atoms with E-state index in [1.165, 1.54) is 6.20 Å². The van der Waals surface area contributed by atoms with Crippen LogP contribution in [0, 0.1) is 0 Å². The molecule has 0 aliphatic rings. The number of imide groups is 1. The van der Waals surface area contributed by atoms with Gasteiger partial charge < -0.3 is 14.2 Å². The number of anilines is 1. The smallest absolute Gasteiger partial charge is 0.425 e. The largest absolute Gasteiger partial charge is 0.489 e. The molecule has 0 radical (unpaired) electrons. The summed E-state index contributed by atoms with van der Waals surface area (Å²) < 4.78 is 17.3. The zero-order valence-corrected chi connectivity index (χ0v) is 22.5. The van der Waals surface area contributed by atoms with Gasteiger partial charge in [-0.25, -0.2) is 14.6 Å². The number of amides is 2. The zero-order chi connectivity index (χ0) is 25.0. The number of aromatic nitrogens is 1. The first-order chi connectivity index (χ1) is 15.2. The van der Waals surface area contributed by atoms with Crippen LogP contribution >= 0.6 is 39.1 Å². The highest BCUT2D eigenvalue weighted by molar-refractivity contribution is 9.10. The molecule has 2 rings (SSSR count). The number of rotatable bonds is 5. The number of nitrogens with zero attached hydrogens (tertiary/aromatic N) is 2. The van der Waals surface area contributed by atoms with Gasteiger partial charge in [0.2, 0.25) is 0 Å². The molecular weight excluding hydrogens is 535 g/mol. The number of pyridine rings is 1. The molecule has 0 fully saturated rings. The molecule has 7 nitrogen and oxygen atoms in total. The molecule has 0 spiro atoms. The third-order valence-electron chi connectivity index (χ3n) is 3.83. The standard InChI is InChI=1S/C23H27BrCl2N2O5/c1-22(2,3)32-20(29)28(21(30)33-23(4,5)6)19-18(12-14(24)13-27-19)31-11-10-15-16(25)8-7-9-17(15)26/h7-9,12-13H,10-11H2,1-6H3. The third-order valence-corrected chi connectivity index (χ3v) is 4.98. The number of ether oxygens (including phenoxy) is 3. The molecule has 1 aromatic carbocycles. The molecule has 0 unspecified atom stereocenters. The Balaban J connectivity index is 2.38. The van der Waals surface area contributed by atoms with Gasteiger partial charge in [0.15, 0.2) is 11.6 Å². The predicted molar refractivity (Wildman–Crippen MR) is 133 cm³/mol. The molecule has 1 aromatic heterocycles. The molecule has 10 heteroatoms. The van der Waals surface area contributed by atoms with E-state index in [-0.39, 0.29) is 18.2 Å². The van der Waals surface area contributed by atoms with Crippen LogP contribution in [0.2, 0.25) is 10.0 Å². The summed E-state index contributed by atoms with van der Waals surface area (Å²) in [4.78, 5) is 30.9. The van der Waals surface area contributed by atoms with Gasteiger partial charge in [-0.1, -0.05) is 29.3 Å². The van der Waals surface area contributed by atoms with Gasteiger partial charge in [0.05, 0.1) is 6.61 Å². The Morgan fingerprint density at radius 2 is 1.52 bits per heavy atom. The second-order valence-electron chi connectivity index (χ2n) is 9.07. The summed E-state index contributed by atoms with van der Waals surface area (Å²) in [6.45, 7) is 10.3. The quantitative estimate of drug-likeness (QED) is 0.377. The summed E-state index contributed by atoms with van der Waals surface area (Å²) in [6, 6.07) is 6.83. The number of carbonyl (C=O) groups is 2. The Kier molecular flexibility index (Phi) is 9.01. The van der Waals surface area contributed by atoms with Gasteiger partial charge in [-0.05, 0) is 81.2 Å². The van der Waals surface area contributed by atoms with Crippen LogP contribution in [-0.2, 0) is 15.9 Å². The molecule has 0 saturated carbocycles. The van der Waals surface area contributed by atoms with Gasteiger partial charge in [0.25, 0.3) is 0 Å². The summed E-state index contributed by atoms with van der Waals surface area (Å²) in [7, 11) is 0. The first kappa shape index (κ1) is 27.2. The van der Waals surface area contributed by atoms with Gasteiger partial charge >= 0.3 is 12.2 Å². The lowest BCUT2D eigenvalue weighted by molar-refractivity contribution is 0.0427. The Hall–Kier alpha value is -2.03. The van der Waals surface area contributed by atoms with Crippen molar-refractivity contribution in [1.29, 1.82) is 0 Å². The van der Waals surface area contributed by atoms with Crippen molar-refractivity contribution in [3.8, 4) is 5.75 Å². The highest BCUT2D eigenvalue weighted by Gasteiger charge is 2.35. The van der Waals surface area contributed by atoms with Crippen molar-refractivity contribution in [2.75, 3.05) is 11.5 Å². The molecule has 180 valence electrons. The Labute approximate surface area is 212 Å². The van der Waals surface area contributed by atoms with Crippen molar-refractivity contribution >= 4 is 57.1 Å². The van der Waals surface area contributed by atoms with Crippen LogP contribution in [-0.4, -0.2) is 35.0 Å². The maximum atomic E-state index is 13.0. The molecule has 0 aliphatic carbocycles. The maximum Gasteiger partial charge on any atom is 0.425 e. The lowest BCUT2D eigenvalue weighted by Crippen LogP contribution is -2.44. The van der Waals surface area contributed by atoms with Crippen molar-refractivity contribution in [3.05, 3.63) is 50.5 Å². The summed E-state index contributed by atoms with van der Waals surface area (Å²) >= 11 is 15.8. The van der Waals surface area contributed by atoms with Crippen LogP contribution in [0.5, 0.6) is 5.75 Å². The van der Waals surface area contributed by atoms with E-state index < -0.39 is 23.4 Å². The fraction of sp³-hybridized carbons (Fsp3) is 0.435. The van der Waals surface area contributed by atoms with Gasteiger partial charge in [0.1, 0.15) is 11.2 Å².